The third kappa shape index (κ3) is 3.71. The van der Waals surface area contributed by atoms with E-state index in [4.69, 9.17) is 14.2 Å². The lowest BCUT2D eigenvalue weighted by atomic mass is 9.85. The van der Waals surface area contributed by atoms with E-state index in [1.165, 1.54) is 14.2 Å². The first-order valence-electron chi connectivity index (χ1n) is 8.07. The van der Waals surface area contributed by atoms with Gasteiger partial charge >= 0.3 is 6.09 Å². The quantitative estimate of drug-likeness (QED) is 0.875. The summed E-state index contributed by atoms with van der Waals surface area (Å²) in [6.45, 7) is 5.52. The molecule has 0 unspecified atom stereocenters. The molecular formula is C18H25NO6. The van der Waals surface area contributed by atoms with Gasteiger partial charge in [-0.2, -0.15) is 0 Å². The third-order valence-corrected chi connectivity index (χ3v) is 4.40. The zero-order valence-corrected chi connectivity index (χ0v) is 15.2. The van der Waals surface area contributed by atoms with Gasteiger partial charge in [0.25, 0.3) is 0 Å². The molecule has 7 heteroatoms. The Labute approximate surface area is 147 Å². The molecule has 1 aliphatic rings. The largest absolute Gasteiger partial charge is 0.493 e. The smallest absolute Gasteiger partial charge is 0.417 e. The van der Waals surface area contributed by atoms with E-state index in [1.807, 2.05) is 20.8 Å². The molecule has 2 amide bonds. The van der Waals surface area contributed by atoms with Crippen molar-refractivity contribution in [3.63, 3.8) is 0 Å². The van der Waals surface area contributed by atoms with Gasteiger partial charge in [-0.05, 0) is 23.1 Å². The van der Waals surface area contributed by atoms with Gasteiger partial charge in [0.05, 0.1) is 32.8 Å². The summed E-state index contributed by atoms with van der Waals surface area (Å²) < 4.78 is 15.5. The average Bonchev–Trinajstić information content (AvgIpc) is 2.97. The molecular weight excluding hydrogens is 326 g/mol. The second-order valence-electron chi connectivity index (χ2n) is 7.02. The molecule has 25 heavy (non-hydrogen) atoms. The van der Waals surface area contributed by atoms with E-state index in [1.54, 1.807) is 18.2 Å². The molecule has 1 saturated heterocycles. The molecule has 1 N–H and O–H groups in total. The van der Waals surface area contributed by atoms with Crippen molar-refractivity contribution < 1.29 is 28.9 Å². The van der Waals surface area contributed by atoms with Gasteiger partial charge < -0.3 is 19.3 Å². The summed E-state index contributed by atoms with van der Waals surface area (Å²) >= 11 is 0. The maximum atomic E-state index is 13.0. The zero-order chi connectivity index (χ0) is 18.8. The molecule has 0 radical (unpaired) electrons. The zero-order valence-electron chi connectivity index (χ0n) is 15.2. The number of methoxy groups -OCH3 is 2. The van der Waals surface area contributed by atoms with Crippen molar-refractivity contribution in [2.75, 3.05) is 27.4 Å². The van der Waals surface area contributed by atoms with Gasteiger partial charge in [0.2, 0.25) is 5.91 Å². The van der Waals surface area contributed by atoms with Gasteiger partial charge in [-0.25, -0.2) is 9.69 Å². The lowest BCUT2D eigenvalue weighted by Crippen LogP contribution is -2.48. The first-order valence-corrected chi connectivity index (χ1v) is 8.07. The SMILES string of the molecule is COc1ccc([C@@H](CO)C(=O)N2C(=O)OC[C@H]2C(C)(C)C)cc1OC. The Hall–Kier alpha value is -2.28. The number of carbonyl (C=O) groups is 2. The number of aliphatic hydroxyl groups is 1. The topological polar surface area (TPSA) is 85.3 Å². The maximum Gasteiger partial charge on any atom is 0.417 e. The summed E-state index contributed by atoms with van der Waals surface area (Å²) in [5.74, 6) is -0.418. The minimum Gasteiger partial charge on any atom is -0.493 e. The fourth-order valence-corrected chi connectivity index (χ4v) is 2.87. The number of amides is 2. The number of imide groups is 1. The highest BCUT2D eigenvalue weighted by Gasteiger charge is 2.46. The van der Waals surface area contributed by atoms with Crippen molar-refractivity contribution in [1.82, 2.24) is 4.90 Å². The minimum atomic E-state index is -0.893. The van der Waals surface area contributed by atoms with E-state index >= 15 is 0 Å². The highest BCUT2D eigenvalue weighted by molar-refractivity contribution is 5.97. The third-order valence-electron chi connectivity index (χ3n) is 4.40. The lowest BCUT2D eigenvalue weighted by molar-refractivity contribution is -0.133. The molecule has 2 rings (SSSR count). The van der Waals surface area contributed by atoms with Gasteiger partial charge in [-0.3, -0.25) is 4.79 Å². The lowest BCUT2D eigenvalue weighted by Gasteiger charge is -2.32. The molecule has 1 aromatic carbocycles. The van der Waals surface area contributed by atoms with Crippen LogP contribution in [0.2, 0.25) is 0 Å². The number of aliphatic hydroxyl groups excluding tert-OH is 1. The molecule has 1 fully saturated rings. The van der Waals surface area contributed by atoms with Crippen LogP contribution in [0.1, 0.15) is 32.3 Å². The summed E-state index contributed by atoms with van der Waals surface area (Å²) in [5, 5.41) is 9.80. The Morgan fingerprint density at radius 3 is 2.48 bits per heavy atom. The summed E-state index contributed by atoms with van der Waals surface area (Å²) in [6, 6.07) is 4.58. The number of benzene rings is 1. The highest BCUT2D eigenvalue weighted by Crippen LogP contribution is 2.35. The minimum absolute atomic E-state index is 0.151. The average molecular weight is 351 g/mol. The van der Waals surface area contributed by atoms with Crippen molar-refractivity contribution in [3.8, 4) is 11.5 Å². The Kier molecular flexibility index (Phi) is 5.57. The van der Waals surface area contributed by atoms with E-state index in [0.717, 1.165) is 4.90 Å². The predicted octanol–water partition coefficient (Wildman–Crippen LogP) is 2.17. The van der Waals surface area contributed by atoms with Crippen LogP contribution in [0.3, 0.4) is 0 Å². The number of carbonyl (C=O) groups excluding carboxylic acids is 2. The standard InChI is InChI=1S/C18H25NO6/c1-18(2,3)15-10-25-17(22)19(15)16(21)12(9-20)11-6-7-13(23-4)14(8-11)24-5/h6-8,12,15,20H,9-10H2,1-5H3/t12-,15+/m1/s1. The molecule has 0 spiro atoms. The molecule has 1 aliphatic heterocycles. The van der Waals surface area contributed by atoms with Gasteiger partial charge in [0.15, 0.2) is 11.5 Å². The molecule has 2 atom stereocenters. The second kappa shape index (κ2) is 7.31. The Morgan fingerprint density at radius 1 is 1.32 bits per heavy atom. The Bertz CT molecular complexity index is 651. The number of nitrogens with zero attached hydrogens (tertiary/aromatic N) is 1. The fraction of sp³-hybridized carbons (Fsp3) is 0.556. The van der Waals surface area contributed by atoms with Gasteiger partial charge in [-0.1, -0.05) is 26.8 Å². The summed E-state index contributed by atoms with van der Waals surface area (Å²) in [6.07, 6.45) is -0.677. The van der Waals surface area contributed by atoms with Crippen molar-refractivity contribution in [2.45, 2.75) is 32.7 Å². The fourth-order valence-electron chi connectivity index (χ4n) is 2.87. The van der Waals surface area contributed by atoms with E-state index in [-0.39, 0.29) is 18.1 Å². The van der Waals surface area contributed by atoms with Crippen LogP contribution in [-0.2, 0) is 9.53 Å². The Morgan fingerprint density at radius 2 is 1.96 bits per heavy atom. The molecule has 0 aliphatic carbocycles. The summed E-state index contributed by atoms with van der Waals surface area (Å²) in [5.41, 5.74) is 0.205. The van der Waals surface area contributed by atoms with Crippen molar-refractivity contribution >= 4 is 12.0 Å². The van der Waals surface area contributed by atoms with Gasteiger partial charge in [0, 0.05) is 0 Å². The molecule has 1 aromatic rings. The first kappa shape index (κ1) is 19.1. The van der Waals surface area contributed by atoms with E-state index < -0.39 is 24.5 Å². The maximum absolute atomic E-state index is 13.0. The summed E-state index contributed by atoms with van der Waals surface area (Å²) in [4.78, 5) is 26.2. The molecule has 1 heterocycles. The normalized spacial score (nSPS) is 18.7. The van der Waals surface area contributed by atoms with Crippen LogP contribution < -0.4 is 9.47 Å². The van der Waals surface area contributed by atoms with Crippen molar-refractivity contribution in [1.29, 1.82) is 0 Å². The molecule has 7 nitrogen and oxygen atoms in total. The predicted molar refractivity (Wildman–Crippen MR) is 90.8 cm³/mol. The second-order valence-corrected chi connectivity index (χ2v) is 7.02. The molecule has 0 bridgehead atoms. The number of hydrogen-bond donors (Lipinski definition) is 1. The van der Waals surface area contributed by atoms with Gasteiger partial charge in [-0.15, -0.1) is 0 Å². The number of hydrogen-bond acceptors (Lipinski definition) is 6. The van der Waals surface area contributed by atoms with Crippen molar-refractivity contribution in [3.05, 3.63) is 23.8 Å². The first-order chi connectivity index (χ1) is 11.7. The van der Waals surface area contributed by atoms with Crippen LogP contribution >= 0.6 is 0 Å². The number of rotatable bonds is 5. The van der Waals surface area contributed by atoms with Gasteiger partial charge in [0.1, 0.15) is 6.61 Å². The highest BCUT2D eigenvalue weighted by atomic mass is 16.6. The van der Waals surface area contributed by atoms with Crippen LogP contribution in [-0.4, -0.2) is 55.5 Å². The number of cyclic esters (lactones) is 1. The van der Waals surface area contributed by atoms with Crippen LogP contribution in [0, 0.1) is 5.41 Å². The molecule has 0 saturated carbocycles. The monoisotopic (exact) mass is 351 g/mol. The molecule has 0 aromatic heterocycles. The van der Waals surface area contributed by atoms with Crippen LogP contribution in [0.5, 0.6) is 11.5 Å². The van der Waals surface area contributed by atoms with Crippen LogP contribution in [0.25, 0.3) is 0 Å². The number of ether oxygens (including phenoxy) is 3. The molecule has 138 valence electrons. The summed E-state index contributed by atoms with van der Waals surface area (Å²) in [7, 11) is 3.01. The van der Waals surface area contributed by atoms with Crippen LogP contribution in [0.4, 0.5) is 4.79 Å². The van der Waals surface area contributed by atoms with E-state index in [2.05, 4.69) is 0 Å². The van der Waals surface area contributed by atoms with Crippen LogP contribution in [0.15, 0.2) is 18.2 Å². The van der Waals surface area contributed by atoms with E-state index in [9.17, 15) is 14.7 Å². The van der Waals surface area contributed by atoms with E-state index in [0.29, 0.717) is 17.1 Å². The Balaban J connectivity index is 2.36. The van der Waals surface area contributed by atoms with Crippen molar-refractivity contribution in [2.24, 2.45) is 5.41 Å².